The van der Waals surface area contributed by atoms with Crippen LogP contribution in [-0.2, 0) is 19.6 Å². The molecule has 0 saturated carbocycles. The summed E-state index contributed by atoms with van der Waals surface area (Å²) in [5.74, 6) is -0.977. The topological polar surface area (TPSA) is 120 Å². The van der Waals surface area contributed by atoms with E-state index in [0.29, 0.717) is 52.1 Å². The Bertz CT molecular complexity index is 1540. The van der Waals surface area contributed by atoms with Gasteiger partial charge in [0.15, 0.2) is 0 Å². The number of halogens is 1. The molecule has 0 bridgehead atoms. The van der Waals surface area contributed by atoms with Crippen LogP contribution in [0.5, 0.6) is 0 Å². The highest BCUT2D eigenvalue weighted by Crippen LogP contribution is 2.38. The van der Waals surface area contributed by atoms with E-state index in [0.717, 1.165) is 5.56 Å². The molecule has 1 aliphatic rings. The number of carbonyl (C=O) groups excluding carboxylic acids is 2. The number of fused-ring (bicyclic) bond motifs is 1. The second kappa shape index (κ2) is 12.1. The van der Waals surface area contributed by atoms with Crippen molar-refractivity contribution in [3.8, 4) is 0 Å². The lowest BCUT2D eigenvalue weighted by molar-refractivity contribution is -0.115. The Hall–Kier alpha value is -3.93. The minimum atomic E-state index is -3.50. The Morgan fingerprint density at radius 1 is 1.05 bits per heavy atom. The standard InChI is InChI=1S/C28H30ClN5O5S/c1-33(2)15-16-34(40(4,37)38)22-12-10-20(11-13-22)30-26(18-5-8-21(9-6-18)31-28(36)39-3)25-23-14-7-19(29)17-24(23)32-27(25)35/h5-14,17,25H,15-16H2,1-4H3,(H,31,36)(H,32,35). The molecule has 1 atom stereocenters. The molecule has 4 rings (SSSR count). The van der Waals surface area contributed by atoms with Gasteiger partial charge >= 0.3 is 6.09 Å². The molecule has 1 aliphatic heterocycles. The van der Waals surface area contributed by atoms with Gasteiger partial charge < -0.3 is 15.0 Å². The van der Waals surface area contributed by atoms with Gasteiger partial charge in [0.1, 0.15) is 5.92 Å². The van der Waals surface area contributed by atoms with Crippen molar-refractivity contribution in [1.82, 2.24) is 4.90 Å². The van der Waals surface area contributed by atoms with E-state index in [1.807, 2.05) is 19.0 Å². The number of amides is 2. The number of nitrogens with zero attached hydrogens (tertiary/aromatic N) is 3. The minimum absolute atomic E-state index is 0.253. The molecule has 0 fully saturated rings. The normalized spacial score (nSPS) is 15.0. The molecule has 12 heteroatoms. The molecule has 40 heavy (non-hydrogen) atoms. The van der Waals surface area contributed by atoms with E-state index < -0.39 is 22.0 Å². The second-order valence-corrected chi connectivity index (χ2v) is 11.8. The van der Waals surface area contributed by atoms with Gasteiger partial charge in [-0.15, -0.1) is 0 Å². The number of likely N-dealkylation sites (N-methyl/N-ethyl adjacent to an activating group) is 1. The first-order valence-electron chi connectivity index (χ1n) is 12.3. The zero-order chi connectivity index (χ0) is 29.0. The Labute approximate surface area is 238 Å². The van der Waals surface area contributed by atoms with Crippen molar-refractivity contribution in [2.75, 3.05) is 55.5 Å². The molecule has 210 valence electrons. The molecule has 1 unspecified atom stereocenters. The van der Waals surface area contributed by atoms with Crippen LogP contribution in [0.1, 0.15) is 17.0 Å². The average Bonchev–Trinajstić information content (AvgIpc) is 3.22. The van der Waals surface area contributed by atoms with Crippen LogP contribution in [0.2, 0.25) is 5.02 Å². The Kier molecular flexibility index (Phi) is 8.77. The number of aliphatic imine (C=N–C) groups is 1. The molecule has 0 aliphatic carbocycles. The fraction of sp³-hybridized carbons (Fsp3) is 0.250. The van der Waals surface area contributed by atoms with Gasteiger partial charge in [-0.3, -0.25) is 19.4 Å². The van der Waals surface area contributed by atoms with Gasteiger partial charge in [0.05, 0.1) is 30.5 Å². The molecule has 2 N–H and O–H groups in total. The van der Waals surface area contributed by atoms with E-state index in [1.54, 1.807) is 66.7 Å². The number of hydrogen-bond donors (Lipinski definition) is 2. The van der Waals surface area contributed by atoms with Crippen molar-refractivity contribution >= 4 is 62.1 Å². The van der Waals surface area contributed by atoms with Gasteiger partial charge in [0, 0.05) is 29.5 Å². The monoisotopic (exact) mass is 583 g/mol. The van der Waals surface area contributed by atoms with Crippen molar-refractivity contribution in [2.45, 2.75) is 5.92 Å². The number of sulfonamides is 1. The lowest BCUT2D eigenvalue weighted by atomic mass is 9.90. The van der Waals surface area contributed by atoms with Crippen molar-refractivity contribution in [3.63, 3.8) is 0 Å². The highest BCUT2D eigenvalue weighted by Gasteiger charge is 2.35. The number of hydrogen-bond acceptors (Lipinski definition) is 7. The number of rotatable bonds is 9. The number of anilines is 3. The van der Waals surface area contributed by atoms with Gasteiger partial charge in [-0.25, -0.2) is 13.2 Å². The minimum Gasteiger partial charge on any atom is -0.453 e. The molecular weight excluding hydrogens is 554 g/mol. The Morgan fingerprint density at radius 3 is 2.33 bits per heavy atom. The number of methoxy groups -OCH3 is 1. The predicted octanol–water partition coefficient (Wildman–Crippen LogP) is 4.70. The Morgan fingerprint density at radius 2 is 1.73 bits per heavy atom. The zero-order valence-corrected chi connectivity index (χ0v) is 24.1. The number of benzene rings is 3. The predicted molar refractivity (Wildman–Crippen MR) is 159 cm³/mol. The maximum absolute atomic E-state index is 13.2. The second-order valence-electron chi connectivity index (χ2n) is 9.50. The summed E-state index contributed by atoms with van der Waals surface area (Å²) in [6.45, 7) is 0.853. The molecule has 3 aromatic carbocycles. The molecule has 0 aromatic heterocycles. The SMILES string of the molecule is COC(=O)Nc1ccc(C(=Nc2ccc(N(CCN(C)C)S(C)(=O)=O)cc2)C2C(=O)Nc3cc(Cl)ccc32)cc1. The van der Waals surface area contributed by atoms with Crippen molar-refractivity contribution in [1.29, 1.82) is 0 Å². The quantitative estimate of drug-likeness (QED) is 0.352. The Balaban J connectivity index is 1.75. The van der Waals surface area contributed by atoms with Crippen molar-refractivity contribution in [3.05, 3.63) is 82.9 Å². The third-order valence-electron chi connectivity index (χ3n) is 6.27. The molecule has 0 spiro atoms. The third kappa shape index (κ3) is 6.79. The summed E-state index contributed by atoms with van der Waals surface area (Å²) in [6.07, 6.45) is 0.574. The van der Waals surface area contributed by atoms with Crippen LogP contribution in [0.15, 0.2) is 71.7 Å². The van der Waals surface area contributed by atoms with Crippen molar-refractivity contribution in [2.24, 2.45) is 4.99 Å². The van der Waals surface area contributed by atoms with Gasteiger partial charge in [-0.2, -0.15) is 0 Å². The van der Waals surface area contributed by atoms with Crippen LogP contribution in [0.3, 0.4) is 0 Å². The summed E-state index contributed by atoms with van der Waals surface area (Å²) in [5.41, 5.74) is 4.04. The van der Waals surface area contributed by atoms with Crippen LogP contribution in [0, 0.1) is 0 Å². The van der Waals surface area contributed by atoms with Crippen molar-refractivity contribution < 1.29 is 22.7 Å². The molecule has 1 heterocycles. The zero-order valence-electron chi connectivity index (χ0n) is 22.5. The van der Waals surface area contributed by atoms with Crippen LogP contribution in [-0.4, -0.2) is 71.6 Å². The smallest absolute Gasteiger partial charge is 0.411 e. The van der Waals surface area contributed by atoms with Gasteiger partial charge in [-0.1, -0.05) is 29.8 Å². The van der Waals surface area contributed by atoms with Crippen LogP contribution >= 0.6 is 11.6 Å². The first-order chi connectivity index (χ1) is 19.0. The summed E-state index contributed by atoms with van der Waals surface area (Å²) < 4.78 is 30.9. The summed E-state index contributed by atoms with van der Waals surface area (Å²) in [5, 5.41) is 5.98. The molecule has 3 aromatic rings. The van der Waals surface area contributed by atoms with E-state index in [9.17, 15) is 18.0 Å². The summed E-state index contributed by atoms with van der Waals surface area (Å²) in [7, 11) is 1.54. The summed E-state index contributed by atoms with van der Waals surface area (Å²) in [6, 6.07) is 18.9. The largest absolute Gasteiger partial charge is 0.453 e. The lowest BCUT2D eigenvalue weighted by Gasteiger charge is -2.24. The summed E-state index contributed by atoms with van der Waals surface area (Å²) >= 11 is 6.15. The number of ether oxygens (including phenoxy) is 1. The highest BCUT2D eigenvalue weighted by molar-refractivity contribution is 7.92. The summed E-state index contributed by atoms with van der Waals surface area (Å²) in [4.78, 5) is 31.6. The number of nitrogens with one attached hydrogen (secondary N) is 2. The fourth-order valence-corrected chi connectivity index (χ4v) is 5.39. The van der Waals surface area contributed by atoms with Gasteiger partial charge in [-0.05, 0) is 73.8 Å². The molecule has 10 nitrogen and oxygen atoms in total. The first kappa shape index (κ1) is 29.1. The maximum atomic E-state index is 13.2. The lowest BCUT2D eigenvalue weighted by Crippen LogP contribution is -2.35. The van der Waals surface area contributed by atoms with E-state index >= 15 is 0 Å². The van der Waals surface area contributed by atoms with Crippen LogP contribution in [0.25, 0.3) is 0 Å². The average molecular weight is 584 g/mol. The number of carbonyl (C=O) groups is 2. The van der Waals surface area contributed by atoms with E-state index in [1.165, 1.54) is 17.7 Å². The van der Waals surface area contributed by atoms with E-state index in [-0.39, 0.29) is 5.91 Å². The first-order valence-corrected chi connectivity index (χ1v) is 14.6. The van der Waals surface area contributed by atoms with Crippen LogP contribution < -0.4 is 14.9 Å². The van der Waals surface area contributed by atoms with Crippen LogP contribution in [0.4, 0.5) is 27.5 Å². The third-order valence-corrected chi connectivity index (χ3v) is 7.70. The molecule has 2 amide bonds. The fourth-order valence-electron chi connectivity index (χ4n) is 4.30. The maximum Gasteiger partial charge on any atom is 0.411 e. The molecular formula is C28H30ClN5O5S. The molecule has 0 saturated heterocycles. The van der Waals surface area contributed by atoms with E-state index in [2.05, 4.69) is 15.4 Å². The van der Waals surface area contributed by atoms with Gasteiger partial charge in [0.2, 0.25) is 15.9 Å². The van der Waals surface area contributed by atoms with E-state index in [4.69, 9.17) is 16.6 Å². The highest BCUT2D eigenvalue weighted by atomic mass is 35.5. The molecule has 0 radical (unpaired) electrons. The van der Waals surface area contributed by atoms with Gasteiger partial charge in [0.25, 0.3) is 0 Å².